The molecule has 0 aliphatic rings. The number of ether oxygens (including phenoxy) is 1. The highest BCUT2D eigenvalue weighted by atomic mass is 16.5. The Kier molecular flexibility index (Phi) is 4.02. The molecule has 1 aromatic heterocycles. The maximum atomic E-state index is 11.3. The number of aryl methyl sites for hydroxylation is 1. The lowest BCUT2D eigenvalue weighted by Gasteiger charge is -2.12. The van der Waals surface area contributed by atoms with Crippen molar-refractivity contribution in [1.29, 1.82) is 0 Å². The van der Waals surface area contributed by atoms with Gasteiger partial charge in [0.15, 0.2) is 0 Å². The van der Waals surface area contributed by atoms with Crippen molar-refractivity contribution in [3.8, 4) is 0 Å². The Morgan fingerprint density at radius 1 is 1.32 bits per heavy atom. The molecular weight excluding hydrogens is 244 g/mol. The first-order chi connectivity index (χ1) is 9.17. The molecule has 1 atom stereocenters. The SMILES string of the molecule is CCc1ccccc1C(O)c1ccc(C(=O)OC)o1. The van der Waals surface area contributed by atoms with E-state index in [2.05, 4.69) is 4.74 Å². The van der Waals surface area contributed by atoms with Gasteiger partial charge >= 0.3 is 5.97 Å². The number of aliphatic hydroxyl groups excluding tert-OH is 1. The molecule has 0 amide bonds. The largest absolute Gasteiger partial charge is 0.463 e. The standard InChI is InChI=1S/C15H16O4/c1-3-10-6-4-5-7-11(10)14(16)12-8-9-13(19-12)15(17)18-2/h4-9,14,16H,3H2,1-2H3. The van der Waals surface area contributed by atoms with Crippen molar-refractivity contribution in [3.05, 3.63) is 59.0 Å². The molecule has 19 heavy (non-hydrogen) atoms. The Labute approximate surface area is 111 Å². The fourth-order valence-electron chi connectivity index (χ4n) is 1.99. The topological polar surface area (TPSA) is 59.7 Å². The van der Waals surface area contributed by atoms with Gasteiger partial charge in [0, 0.05) is 0 Å². The van der Waals surface area contributed by atoms with E-state index < -0.39 is 12.1 Å². The van der Waals surface area contributed by atoms with Gasteiger partial charge in [-0.3, -0.25) is 0 Å². The molecule has 0 fully saturated rings. The van der Waals surface area contributed by atoms with Gasteiger partial charge in [0.1, 0.15) is 11.9 Å². The zero-order chi connectivity index (χ0) is 13.8. The molecule has 2 rings (SSSR count). The summed E-state index contributed by atoms with van der Waals surface area (Å²) in [5.41, 5.74) is 1.83. The minimum absolute atomic E-state index is 0.0885. The van der Waals surface area contributed by atoms with Crippen molar-refractivity contribution in [3.63, 3.8) is 0 Å². The van der Waals surface area contributed by atoms with Gasteiger partial charge in [-0.2, -0.15) is 0 Å². The predicted octanol–water partition coefficient (Wildman–Crippen LogP) is 2.71. The molecule has 1 heterocycles. The second-order valence-corrected chi connectivity index (χ2v) is 4.15. The van der Waals surface area contributed by atoms with Crippen LogP contribution >= 0.6 is 0 Å². The molecule has 2 aromatic rings. The average molecular weight is 260 g/mol. The number of carbonyl (C=O) groups is 1. The number of rotatable bonds is 4. The lowest BCUT2D eigenvalue weighted by molar-refractivity contribution is 0.0558. The lowest BCUT2D eigenvalue weighted by atomic mass is 9.99. The first-order valence-corrected chi connectivity index (χ1v) is 6.11. The summed E-state index contributed by atoms with van der Waals surface area (Å²) >= 11 is 0. The summed E-state index contributed by atoms with van der Waals surface area (Å²) in [5, 5.41) is 10.3. The molecule has 0 saturated heterocycles. The van der Waals surface area contributed by atoms with Crippen LogP contribution in [0.3, 0.4) is 0 Å². The molecule has 0 bridgehead atoms. The molecule has 0 aliphatic carbocycles. The highest BCUT2D eigenvalue weighted by molar-refractivity contribution is 5.86. The molecule has 0 radical (unpaired) electrons. The Morgan fingerprint density at radius 3 is 2.74 bits per heavy atom. The summed E-state index contributed by atoms with van der Waals surface area (Å²) in [4.78, 5) is 11.3. The van der Waals surface area contributed by atoms with Crippen LogP contribution < -0.4 is 0 Å². The van der Waals surface area contributed by atoms with E-state index in [0.717, 1.165) is 17.5 Å². The molecule has 1 unspecified atom stereocenters. The summed E-state index contributed by atoms with van der Waals surface area (Å²) in [6.45, 7) is 2.02. The highest BCUT2D eigenvalue weighted by Crippen LogP contribution is 2.27. The highest BCUT2D eigenvalue weighted by Gasteiger charge is 2.19. The first-order valence-electron chi connectivity index (χ1n) is 6.11. The van der Waals surface area contributed by atoms with E-state index in [-0.39, 0.29) is 5.76 Å². The van der Waals surface area contributed by atoms with Crippen molar-refractivity contribution in [2.45, 2.75) is 19.4 Å². The van der Waals surface area contributed by atoms with E-state index in [9.17, 15) is 9.90 Å². The van der Waals surface area contributed by atoms with Gasteiger partial charge in [0.2, 0.25) is 5.76 Å². The summed E-state index contributed by atoms with van der Waals surface area (Å²) in [7, 11) is 1.29. The Morgan fingerprint density at radius 2 is 2.05 bits per heavy atom. The number of hydrogen-bond acceptors (Lipinski definition) is 4. The second-order valence-electron chi connectivity index (χ2n) is 4.15. The maximum absolute atomic E-state index is 11.3. The number of furan rings is 1. The van der Waals surface area contributed by atoms with Crippen LogP contribution in [0.1, 0.15) is 40.5 Å². The molecular formula is C15H16O4. The van der Waals surface area contributed by atoms with Crippen LogP contribution in [0.15, 0.2) is 40.8 Å². The lowest BCUT2D eigenvalue weighted by Crippen LogP contribution is -2.03. The number of aliphatic hydroxyl groups is 1. The Bertz CT molecular complexity index is 571. The maximum Gasteiger partial charge on any atom is 0.373 e. The Balaban J connectivity index is 2.31. The quantitative estimate of drug-likeness (QED) is 0.859. The monoisotopic (exact) mass is 260 g/mol. The van der Waals surface area contributed by atoms with Gasteiger partial charge in [-0.1, -0.05) is 31.2 Å². The van der Waals surface area contributed by atoms with E-state index in [1.807, 2.05) is 31.2 Å². The first kappa shape index (κ1) is 13.4. The summed E-state index contributed by atoms with van der Waals surface area (Å²) in [6.07, 6.45) is -0.0628. The molecule has 1 N–H and O–H groups in total. The molecule has 4 nitrogen and oxygen atoms in total. The van der Waals surface area contributed by atoms with Crippen molar-refractivity contribution in [2.75, 3.05) is 7.11 Å². The van der Waals surface area contributed by atoms with E-state index in [4.69, 9.17) is 4.42 Å². The number of benzene rings is 1. The van der Waals surface area contributed by atoms with Crippen molar-refractivity contribution in [1.82, 2.24) is 0 Å². The molecule has 0 spiro atoms. The number of esters is 1. The minimum atomic E-state index is -0.880. The van der Waals surface area contributed by atoms with E-state index in [0.29, 0.717) is 5.76 Å². The number of hydrogen-bond donors (Lipinski definition) is 1. The normalized spacial score (nSPS) is 12.2. The van der Waals surface area contributed by atoms with Gasteiger partial charge in [-0.25, -0.2) is 4.79 Å². The van der Waals surface area contributed by atoms with Crippen molar-refractivity contribution >= 4 is 5.97 Å². The van der Waals surface area contributed by atoms with Crippen LogP contribution in [-0.2, 0) is 11.2 Å². The average Bonchev–Trinajstić information content (AvgIpc) is 2.95. The summed E-state index contributed by atoms with van der Waals surface area (Å²) in [6, 6.07) is 10.7. The molecule has 0 aliphatic heterocycles. The zero-order valence-electron chi connectivity index (χ0n) is 10.9. The fourth-order valence-corrected chi connectivity index (χ4v) is 1.99. The van der Waals surface area contributed by atoms with Crippen LogP contribution in [0.25, 0.3) is 0 Å². The molecule has 4 heteroatoms. The second kappa shape index (κ2) is 5.71. The van der Waals surface area contributed by atoms with E-state index >= 15 is 0 Å². The summed E-state index contributed by atoms with van der Waals surface area (Å²) in [5.74, 6) is -0.131. The summed E-state index contributed by atoms with van der Waals surface area (Å²) < 4.78 is 9.89. The van der Waals surface area contributed by atoms with Crippen LogP contribution in [0.5, 0.6) is 0 Å². The fraction of sp³-hybridized carbons (Fsp3) is 0.267. The van der Waals surface area contributed by atoms with Gasteiger partial charge in [-0.05, 0) is 29.7 Å². The van der Waals surface area contributed by atoms with E-state index in [1.165, 1.54) is 13.2 Å². The van der Waals surface area contributed by atoms with Gasteiger partial charge in [-0.15, -0.1) is 0 Å². The van der Waals surface area contributed by atoms with Gasteiger partial charge < -0.3 is 14.3 Å². The van der Waals surface area contributed by atoms with E-state index in [1.54, 1.807) is 6.07 Å². The number of methoxy groups -OCH3 is 1. The van der Waals surface area contributed by atoms with Crippen molar-refractivity contribution < 1.29 is 19.1 Å². The van der Waals surface area contributed by atoms with Crippen LogP contribution in [0.4, 0.5) is 0 Å². The molecule has 1 aromatic carbocycles. The van der Waals surface area contributed by atoms with Crippen LogP contribution in [0.2, 0.25) is 0 Å². The Hall–Kier alpha value is -2.07. The van der Waals surface area contributed by atoms with Crippen molar-refractivity contribution in [2.24, 2.45) is 0 Å². The van der Waals surface area contributed by atoms with Crippen LogP contribution in [0, 0.1) is 0 Å². The third kappa shape index (κ3) is 2.69. The smallest absolute Gasteiger partial charge is 0.373 e. The zero-order valence-corrected chi connectivity index (χ0v) is 10.9. The van der Waals surface area contributed by atoms with Gasteiger partial charge in [0.25, 0.3) is 0 Å². The predicted molar refractivity (Wildman–Crippen MR) is 69.9 cm³/mol. The minimum Gasteiger partial charge on any atom is -0.463 e. The third-order valence-electron chi connectivity index (χ3n) is 3.01. The van der Waals surface area contributed by atoms with Crippen LogP contribution in [-0.4, -0.2) is 18.2 Å². The number of carbonyl (C=O) groups excluding carboxylic acids is 1. The molecule has 0 saturated carbocycles. The molecule has 100 valence electrons. The third-order valence-corrected chi connectivity index (χ3v) is 3.01. The van der Waals surface area contributed by atoms with Gasteiger partial charge in [0.05, 0.1) is 7.11 Å².